The van der Waals surface area contributed by atoms with Gasteiger partial charge in [-0.2, -0.15) is 26.3 Å². The number of hydrogen-bond donors (Lipinski definition) is 1. The van der Waals surface area contributed by atoms with Crippen LogP contribution in [0.3, 0.4) is 0 Å². The summed E-state index contributed by atoms with van der Waals surface area (Å²) < 4.78 is 86.6. The van der Waals surface area contributed by atoms with E-state index in [1.165, 1.54) is 0 Å². The molecule has 34 heavy (non-hydrogen) atoms. The summed E-state index contributed by atoms with van der Waals surface area (Å²) in [7, 11) is 0. The van der Waals surface area contributed by atoms with Crippen LogP contribution in [0.2, 0.25) is 0 Å². The Hall–Kier alpha value is -0.990. The van der Waals surface area contributed by atoms with Gasteiger partial charge in [-0.3, -0.25) is 4.79 Å². The fourth-order valence-corrected chi connectivity index (χ4v) is 4.82. The second kappa shape index (κ2) is 10.6. The molecule has 0 saturated heterocycles. The zero-order valence-corrected chi connectivity index (χ0v) is 21.6. The van der Waals surface area contributed by atoms with Crippen LogP contribution >= 0.6 is 0 Å². The Labute approximate surface area is 200 Å². The molecular formula is C25H42F6O3. The second-order valence-corrected chi connectivity index (χ2v) is 11.7. The van der Waals surface area contributed by atoms with Gasteiger partial charge in [-0.1, -0.05) is 67.2 Å². The molecule has 0 bridgehead atoms. The molecule has 0 aromatic carbocycles. The van der Waals surface area contributed by atoms with E-state index in [0.29, 0.717) is 38.5 Å². The lowest BCUT2D eigenvalue weighted by Gasteiger charge is -2.47. The van der Waals surface area contributed by atoms with E-state index in [1.807, 2.05) is 41.5 Å². The van der Waals surface area contributed by atoms with E-state index in [2.05, 4.69) is 0 Å². The van der Waals surface area contributed by atoms with E-state index in [4.69, 9.17) is 4.74 Å². The van der Waals surface area contributed by atoms with Gasteiger partial charge >= 0.3 is 18.3 Å². The van der Waals surface area contributed by atoms with Crippen molar-refractivity contribution in [2.75, 3.05) is 0 Å². The lowest BCUT2D eigenvalue weighted by atomic mass is 9.58. The summed E-state index contributed by atoms with van der Waals surface area (Å²) in [6.07, 6.45) is -11.0. The Morgan fingerprint density at radius 3 is 1.74 bits per heavy atom. The molecule has 1 rings (SSSR count). The quantitative estimate of drug-likeness (QED) is 0.242. The summed E-state index contributed by atoms with van der Waals surface area (Å²) >= 11 is 0. The van der Waals surface area contributed by atoms with Crippen LogP contribution in [0.1, 0.15) is 106 Å². The number of hydrogen-bond acceptors (Lipinski definition) is 3. The van der Waals surface area contributed by atoms with Crippen molar-refractivity contribution in [3.05, 3.63) is 0 Å². The number of alkyl halides is 6. The number of halogens is 6. The number of carbonyl (C=O) groups is 1. The molecule has 1 N–H and O–H groups in total. The molecule has 0 radical (unpaired) electrons. The first kappa shape index (κ1) is 31.0. The summed E-state index contributed by atoms with van der Waals surface area (Å²) in [5, 5.41) is 9.89. The average molecular weight is 505 g/mol. The Morgan fingerprint density at radius 2 is 1.35 bits per heavy atom. The number of esters is 1. The van der Waals surface area contributed by atoms with Gasteiger partial charge in [0, 0.05) is 6.42 Å². The third kappa shape index (κ3) is 6.61. The fraction of sp³-hybridized carbons (Fsp3) is 0.960. The van der Waals surface area contributed by atoms with Crippen LogP contribution < -0.4 is 0 Å². The van der Waals surface area contributed by atoms with Crippen molar-refractivity contribution in [2.24, 2.45) is 22.2 Å². The Bertz CT molecular complexity index is 663. The Kier molecular flexibility index (Phi) is 9.63. The molecule has 0 heterocycles. The average Bonchev–Trinajstić information content (AvgIpc) is 2.71. The van der Waals surface area contributed by atoms with Crippen LogP contribution in [0, 0.1) is 22.2 Å². The predicted octanol–water partition coefficient (Wildman–Crippen LogP) is 7.99. The summed E-state index contributed by atoms with van der Waals surface area (Å²) in [6, 6.07) is 0. The van der Waals surface area contributed by atoms with E-state index in [-0.39, 0.29) is 5.41 Å². The molecule has 0 spiro atoms. The maximum atomic E-state index is 13.6. The number of carbonyl (C=O) groups excluding carboxylic acids is 1. The van der Waals surface area contributed by atoms with Gasteiger partial charge in [0.25, 0.3) is 5.60 Å². The Balaban J connectivity index is 3.46. The summed E-state index contributed by atoms with van der Waals surface area (Å²) in [4.78, 5) is 13.6. The van der Waals surface area contributed by atoms with Gasteiger partial charge in [0.1, 0.15) is 6.10 Å². The van der Waals surface area contributed by atoms with Crippen LogP contribution in [0.5, 0.6) is 0 Å². The molecule has 1 aliphatic carbocycles. The van der Waals surface area contributed by atoms with E-state index in [1.54, 1.807) is 6.92 Å². The second-order valence-electron chi connectivity index (χ2n) is 11.7. The highest BCUT2D eigenvalue weighted by Gasteiger charge is 2.71. The lowest BCUT2D eigenvalue weighted by molar-refractivity contribution is -0.375. The lowest BCUT2D eigenvalue weighted by Crippen LogP contribution is -2.59. The van der Waals surface area contributed by atoms with Crippen molar-refractivity contribution in [3.63, 3.8) is 0 Å². The highest BCUT2D eigenvalue weighted by molar-refractivity contribution is 5.77. The first-order chi connectivity index (χ1) is 15.2. The molecule has 1 aliphatic rings. The third-order valence-corrected chi connectivity index (χ3v) is 8.49. The van der Waals surface area contributed by atoms with Gasteiger partial charge in [0.05, 0.1) is 5.41 Å². The molecule has 9 heteroatoms. The topological polar surface area (TPSA) is 46.5 Å². The van der Waals surface area contributed by atoms with Crippen LogP contribution in [0.25, 0.3) is 0 Å². The summed E-state index contributed by atoms with van der Waals surface area (Å²) in [5.41, 5.74) is -7.04. The van der Waals surface area contributed by atoms with Crippen molar-refractivity contribution < 1.29 is 41.0 Å². The van der Waals surface area contributed by atoms with Crippen LogP contribution in [-0.4, -0.2) is 35.1 Å². The van der Waals surface area contributed by atoms with Crippen molar-refractivity contribution in [1.29, 1.82) is 0 Å². The van der Waals surface area contributed by atoms with Gasteiger partial charge in [-0.25, -0.2) is 0 Å². The highest BCUT2D eigenvalue weighted by atomic mass is 19.4. The van der Waals surface area contributed by atoms with Gasteiger partial charge in [0.2, 0.25) is 0 Å². The molecule has 2 unspecified atom stereocenters. The molecule has 0 aliphatic heterocycles. The standard InChI is InChI=1S/C25H42F6O3/c1-8-20(3,4)16-22(7,21(5,6)9-2)19(32)34-18(17-13-11-10-12-14-17)15-23(33,24(26,27)28)25(29,30)31/h17-18,33H,8-16H2,1-7H3. The minimum absolute atomic E-state index is 0.306. The molecule has 0 amide bonds. The number of ether oxygens (including phenoxy) is 1. The maximum absolute atomic E-state index is 13.6. The molecule has 0 aromatic rings. The first-order valence-electron chi connectivity index (χ1n) is 12.2. The van der Waals surface area contributed by atoms with Crippen LogP contribution in [0.15, 0.2) is 0 Å². The van der Waals surface area contributed by atoms with Crippen molar-refractivity contribution in [1.82, 2.24) is 0 Å². The van der Waals surface area contributed by atoms with Crippen LogP contribution in [0.4, 0.5) is 26.3 Å². The molecule has 1 saturated carbocycles. The highest BCUT2D eigenvalue weighted by Crippen LogP contribution is 2.52. The number of rotatable bonds is 10. The molecule has 3 nitrogen and oxygen atoms in total. The number of aliphatic hydroxyl groups is 1. The minimum atomic E-state index is -5.96. The third-order valence-electron chi connectivity index (χ3n) is 8.49. The zero-order chi connectivity index (χ0) is 26.8. The molecule has 1 fully saturated rings. The summed E-state index contributed by atoms with van der Waals surface area (Å²) in [5.74, 6) is -1.48. The van der Waals surface area contributed by atoms with Gasteiger partial charge in [0.15, 0.2) is 0 Å². The normalized spacial score (nSPS) is 20.1. The molecule has 202 valence electrons. The van der Waals surface area contributed by atoms with Crippen molar-refractivity contribution >= 4 is 5.97 Å². The first-order valence-corrected chi connectivity index (χ1v) is 12.2. The van der Waals surface area contributed by atoms with Crippen molar-refractivity contribution in [2.45, 2.75) is 130 Å². The smallest absolute Gasteiger partial charge is 0.426 e. The van der Waals surface area contributed by atoms with Crippen LogP contribution in [-0.2, 0) is 9.53 Å². The predicted molar refractivity (Wildman–Crippen MR) is 119 cm³/mol. The summed E-state index contributed by atoms with van der Waals surface area (Å²) in [6.45, 7) is 13.2. The van der Waals surface area contributed by atoms with Crippen molar-refractivity contribution in [3.8, 4) is 0 Å². The largest absolute Gasteiger partial charge is 0.462 e. The van der Waals surface area contributed by atoms with E-state index >= 15 is 0 Å². The van der Waals surface area contributed by atoms with Gasteiger partial charge in [-0.15, -0.1) is 0 Å². The maximum Gasteiger partial charge on any atom is 0.426 e. The van der Waals surface area contributed by atoms with Gasteiger partial charge < -0.3 is 9.84 Å². The van der Waals surface area contributed by atoms with E-state index in [0.717, 1.165) is 12.8 Å². The monoisotopic (exact) mass is 504 g/mol. The SMILES string of the molecule is CCC(C)(C)CC(C)(C(=O)OC(CC(O)(C(F)(F)F)C(F)(F)F)C1CCCCC1)C(C)(C)CC. The fourth-order valence-electron chi connectivity index (χ4n) is 4.82. The van der Waals surface area contributed by atoms with Gasteiger partial charge in [-0.05, 0) is 49.4 Å². The molecular weight excluding hydrogens is 462 g/mol. The zero-order valence-electron chi connectivity index (χ0n) is 21.6. The van der Waals surface area contributed by atoms with E-state index in [9.17, 15) is 36.2 Å². The van der Waals surface area contributed by atoms with E-state index < -0.39 is 53.2 Å². The Morgan fingerprint density at radius 1 is 0.882 bits per heavy atom. The molecule has 2 atom stereocenters. The molecule has 0 aromatic heterocycles. The minimum Gasteiger partial charge on any atom is -0.462 e.